The molecular weight excluding hydrogens is 420 g/mol. The number of aromatic nitrogens is 4. The van der Waals surface area contributed by atoms with Crippen LogP contribution in [0.15, 0.2) is 45.8 Å². The van der Waals surface area contributed by atoms with Crippen LogP contribution in [-0.2, 0) is 14.8 Å². The van der Waals surface area contributed by atoms with Gasteiger partial charge in [-0.25, -0.2) is 8.42 Å². The van der Waals surface area contributed by atoms with Crippen molar-refractivity contribution in [2.75, 3.05) is 11.9 Å². The van der Waals surface area contributed by atoms with E-state index in [-0.39, 0.29) is 29.4 Å². The fourth-order valence-corrected chi connectivity index (χ4v) is 5.10. The van der Waals surface area contributed by atoms with Gasteiger partial charge in [0.2, 0.25) is 15.9 Å². The van der Waals surface area contributed by atoms with Crippen molar-refractivity contribution in [2.45, 2.75) is 50.6 Å². The third kappa shape index (κ3) is 4.23. The Morgan fingerprint density at radius 1 is 1.19 bits per heavy atom. The summed E-state index contributed by atoms with van der Waals surface area (Å²) >= 11 is 0. The average molecular weight is 445 g/mol. The Hall–Kier alpha value is -3.05. The summed E-state index contributed by atoms with van der Waals surface area (Å²) in [5, 5.41) is 14.7. The molecule has 1 unspecified atom stereocenters. The first-order valence-corrected chi connectivity index (χ1v) is 11.5. The SMILES string of the molecule is Cc1ccc(S(=O)(=O)N2CCCC2C(=O)Nc2nnc(-c3ccn(C(C)C)n3)o2)cc1. The Kier molecular flexibility index (Phi) is 5.63. The van der Waals surface area contributed by atoms with Crippen molar-refractivity contribution in [3.05, 3.63) is 42.1 Å². The molecule has 1 amide bonds. The summed E-state index contributed by atoms with van der Waals surface area (Å²) in [5.41, 5.74) is 1.45. The van der Waals surface area contributed by atoms with Gasteiger partial charge in [-0.3, -0.25) is 14.8 Å². The molecular formula is C20H24N6O4S. The van der Waals surface area contributed by atoms with Gasteiger partial charge < -0.3 is 4.42 Å². The summed E-state index contributed by atoms with van der Waals surface area (Å²) in [6, 6.07) is 7.56. The van der Waals surface area contributed by atoms with Gasteiger partial charge in [0.1, 0.15) is 11.7 Å². The van der Waals surface area contributed by atoms with E-state index in [0.717, 1.165) is 5.56 Å². The Bertz CT molecular complexity index is 1180. The van der Waals surface area contributed by atoms with Gasteiger partial charge in [-0.15, -0.1) is 5.10 Å². The molecule has 2 aromatic heterocycles. The largest absolute Gasteiger partial charge is 0.401 e. The minimum Gasteiger partial charge on any atom is -0.401 e. The number of amides is 1. The molecule has 1 aliphatic heterocycles. The van der Waals surface area contributed by atoms with Crippen molar-refractivity contribution < 1.29 is 17.6 Å². The molecule has 1 N–H and O–H groups in total. The molecule has 3 aromatic rings. The number of hydrogen-bond donors (Lipinski definition) is 1. The van der Waals surface area contributed by atoms with Gasteiger partial charge in [0.25, 0.3) is 5.89 Å². The molecule has 1 atom stereocenters. The lowest BCUT2D eigenvalue weighted by molar-refractivity contribution is -0.119. The Morgan fingerprint density at radius 3 is 2.61 bits per heavy atom. The maximum absolute atomic E-state index is 13.0. The van der Waals surface area contributed by atoms with Gasteiger partial charge in [0.15, 0.2) is 0 Å². The van der Waals surface area contributed by atoms with Crippen LogP contribution in [0.1, 0.15) is 38.3 Å². The molecule has 4 rings (SSSR count). The molecule has 31 heavy (non-hydrogen) atoms. The summed E-state index contributed by atoms with van der Waals surface area (Å²) in [6.07, 6.45) is 2.80. The second-order valence-electron chi connectivity index (χ2n) is 7.76. The molecule has 0 bridgehead atoms. The van der Waals surface area contributed by atoms with Crippen molar-refractivity contribution in [1.29, 1.82) is 0 Å². The molecule has 0 spiro atoms. The van der Waals surface area contributed by atoms with Crippen molar-refractivity contribution in [1.82, 2.24) is 24.3 Å². The number of hydrogen-bond acceptors (Lipinski definition) is 7. The van der Waals surface area contributed by atoms with E-state index in [9.17, 15) is 13.2 Å². The molecule has 1 aromatic carbocycles. The highest BCUT2D eigenvalue weighted by molar-refractivity contribution is 7.89. The summed E-state index contributed by atoms with van der Waals surface area (Å²) in [5.74, 6) is -0.332. The normalized spacial score (nSPS) is 17.4. The second-order valence-corrected chi connectivity index (χ2v) is 9.65. The number of aryl methyl sites for hydroxylation is 1. The van der Waals surface area contributed by atoms with Gasteiger partial charge in [-0.2, -0.15) is 9.40 Å². The number of rotatable bonds is 6. The first kappa shape index (κ1) is 21.2. The molecule has 3 heterocycles. The number of benzene rings is 1. The number of carbonyl (C=O) groups excluding carboxylic acids is 1. The minimum absolute atomic E-state index is 0.0984. The van der Waals surface area contributed by atoms with Crippen molar-refractivity contribution in [3.8, 4) is 11.6 Å². The van der Waals surface area contributed by atoms with Crippen LogP contribution >= 0.6 is 0 Å². The highest BCUT2D eigenvalue weighted by atomic mass is 32.2. The van der Waals surface area contributed by atoms with Gasteiger partial charge in [0.05, 0.1) is 4.90 Å². The smallest absolute Gasteiger partial charge is 0.322 e. The quantitative estimate of drug-likeness (QED) is 0.620. The van der Waals surface area contributed by atoms with Crippen LogP contribution in [0.4, 0.5) is 6.01 Å². The first-order valence-electron chi connectivity index (χ1n) is 10.0. The van der Waals surface area contributed by atoms with E-state index in [2.05, 4.69) is 20.6 Å². The average Bonchev–Trinajstić information content (AvgIpc) is 3.48. The van der Waals surface area contributed by atoms with Crippen LogP contribution < -0.4 is 5.32 Å². The lowest BCUT2D eigenvalue weighted by Gasteiger charge is -2.22. The lowest BCUT2D eigenvalue weighted by atomic mass is 10.2. The fraction of sp³-hybridized carbons (Fsp3) is 0.400. The zero-order valence-electron chi connectivity index (χ0n) is 17.5. The van der Waals surface area contributed by atoms with E-state index in [0.29, 0.717) is 18.5 Å². The van der Waals surface area contributed by atoms with Crippen LogP contribution in [0.25, 0.3) is 11.6 Å². The predicted octanol–water partition coefficient (Wildman–Crippen LogP) is 2.61. The number of nitrogens with zero attached hydrogens (tertiary/aromatic N) is 5. The van der Waals surface area contributed by atoms with Crippen molar-refractivity contribution >= 4 is 21.9 Å². The molecule has 0 saturated carbocycles. The Labute approximate surface area is 180 Å². The van der Waals surface area contributed by atoms with Gasteiger partial charge in [-0.05, 0) is 51.8 Å². The number of carbonyl (C=O) groups is 1. The van der Waals surface area contributed by atoms with Crippen LogP contribution in [0, 0.1) is 6.92 Å². The first-order chi connectivity index (χ1) is 14.8. The Morgan fingerprint density at radius 2 is 1.94 bits per heavy atom. The van der Waals surface area contributed by atoms with E-state index in [1.54, 1.807) is 41.2 Å². The van der Waals surface area contributed by atoms with Crippen molar-refractivity contribution in [2.24, 2.45) is 0 Å². The van der Waals surface area contributed by atoms with Crippen molar-refractivity contribution in [3.63, 3.8) is 0 Å². The third-order valence-electron chi connectivity index (χ3n) is 5.15. The third-order valence-corrected chi connectivity index (χ3v) is 7.07. The van der Waals surface area contributed by atoms with Crippen LogP contribution in [0.2, 0.25) is 0 Å². The van der Waals surface area contributed by atoms with Gasteiger partial charge >= 0.3 is 6.01 Å². The van der Waals surface area contributed by atoms with E-state index in [4.69, 9.17) is 4.42 Å². The van der Waals surface area contributed by atoms with Crippen LogP contribution in [0.5, 0.6) is 0 Å². The number of anilines is 1. The van der Waals surface area contributed by atoms with E-state index < -0.39 is 22.0 Å². The molecule has 164 valence electrons. The molecule has 0 radical (unpaired) electrons. The lowest BCUT2D eigenvalue weighted by Crippen LogP contribution is -2.43. The minimum atomic E-state index is -3.79. The monoisotopic (exact) mass is 444 g/mol. The molecule has 0 aliphatic carbocycles. The van der Waals surface area contributed by atoms with E-state index in [1.165, 1.54) is 4.31 Å². The molecule has 10 nitrogen and oxygen atoms in total. The van der Waals surface area contributed by atoms with Crippen LogP contribution in [0.3, 0.4) is 0 Å². The highest BCUT2D eigenvalue weighted by Crippen LogP contribution is 2.27. The summed E-state index contributed by atoms with van der Waals surface area (Å²) < 4.78 is 34.6. The van der Waals surface area contributed by atoms with Gasteiger partial charge in [0, 0.05) is 18.8 Å². The predicted molar refractivity (Wildman–Crippen MR) is 113 cm³/mol. The standard InChI is InChI=1S/C20H24N6O4S/c1-13(2)25-12-10-16(24-25)19-22-23-20(30-19)21-18(27)17-5-4-11-26(17)31(28,29)15-8-6-14(3)7-9-15/h6-10,12-13,17H,4-5,11H2,1-3H3,(H,21,23,27). The zero-order chi connectivity index (χ0) is 22.2. The van der Waals surface area contributed by atoms with E-state index in [1.807, 2.05) is 20.8 Å². The molecule has 1 saturated heterocycles. The van der Waals surface area contributed by atoms with E-state index >= 15 is 0 Å². The highest BCUT2D eigenvalue weighted by Gasteiger charge is 2.39. The second kappa shape index (κ2) is 8.23. The molecule has 1 aliphatic rings. The summed E-state index contributed by atoms with van der Waals surface area (Å²) in [4.78, 5) is 13.0. The molecule has 11 heteroatoms. The topological polar surface area (TPSA) is 123 Å². The summed E-state index contributed by atoms with van der Waals surface area (Å²) in [6.45, 7) is 6.15. The molecule has 1 fully saturated rings. The fourth-order valence-electron chi connectivity index (χ4n) is 3.44. The maximum Gasteiger partial charge on any atom is 0.322 e. The van der Waals surface area contributed by atoms with Gasteiger partial charge in [-0.1, -0.05) is 22.8 Å². The maximum atomic E-state index is 13.0. The summed E-state index contributed by atoms with van der Waals surface area (Å²) in [7, 11) is -3.79. The zero-order valence-corrected chi connectivity index (χ0v) is 18.3. The van der Waals surface area contributed by atoms with Crippen LogP contribution in [-0.4, -0.2) is 51.2 Å². The Balaban J connectivity index is 1.49. The number of sulfonamides is 1. The number of nitrogens with one attached hydrogen (secondary N) is 1.